The van der Waals surface area contributed by atoms with Gasteiger partial charge in [-0.3, -0.25) is 0 Å². The van der Waals surface area contributed by atoms with Crippen LogP contribution in [0, 0.1) is 46.3 Å². The number of carbonyl (C=O) groups is 1. The zero-order valence-electron chi connectivity index (χ0n) is 24.5. The Morgan fingerprint density at radius 2 is 1.41 bits per heavy atom. The van der Waals surface area contributed by atoms with Gasteiger partial charge in [-0.05, 0) is 66.3 Å². The summed E-state index contributed by atoms with van der Waals surface area (Å²) in [7, 11) is 0. The van der Waals surface area contributed by atoms with Gasteiger partial charge in [-0.25, -0.2) is 0 Å². The quantitative estimate of drug-likeness (QED) is 0.354. The van der Waals surface area contributed by atoms with Crippen LogP contribution in [-0.4, -0.2) is 6.29 Å². The average Bonchev–Trinajstić information content (AvgIpc) is 3.33. The Morgan fingerprint density at radius 3 is 1.76 bits per heavy atom. The largest absolute Gasteiger partial charge is 0.303 e. The van der Waals surface area contributed by atoms with Crippen LogP contribution in [0.25, 0.3) is 11.1 Å². The van der Waals surface area contributed by atoms with E-state index in [4.69, 9.17) is 10.5 Å². The van der Waals surface area contributed by atoms with Crippen LogP contribution >= 0.6 is 0 Å². The van der Waals surface area contributed by atoms with Crippen molar-refractivity contribution in [2.75, 3.05) is 0 Å². The molecular weight excluding hydrogens is 452 g/mol. The van der Waals surface area contributed by atoms with Gasteiger partial charge in [-0.1, -0.05) is 110 Å². The van der Waals surface area contributed by atoms with Crippen LogP contribution in [0.3, 0.4) is 0 Å². The Balaban J connectivity index is 0.000000599. The number of unbranched alkanes of at least 4 members (excludes halogenated alkanes) is 1. The third kappa shape index (κ3) is 15.7. The van der Waals surface area contributed by atoms with Gasteiger partial charge in [0.2, 0.25) is 0 Å². The highest BCUT2D eigenvalue weighted by molar-refractivity contribution is 5.64. The van der Waals surface area contributed by atoms with Crippen LogP contribution in [0.2, 0.25) is 0 Å². The summed E-state index contributed by atoms with van der Waals surface area (Å²) in [5.41, 5.74) is 4.06. The fourth-order valence-electron chi connectivity index (χ4n) is 4.15. The van der Waals surface area contributed by atoms with E-state index in [0.717, 1.165) is 41.6 Å². The minimum absolute atomic E-state index is 0.0424. The second-order valence-corrected chi connectivity index (χ2v) is 10.5. The van der Waals surface area contributed by atoms with Crippen molar-refractivity contribution < 1.29 is 4.79 Å². The lowest BCUT2D eigenvalue weighted by molar-refractivity contribution is -0.107. The molecule has 0 aromatic heterocycles. The van der Waals surface area contributed by atoms with E-state index in [0.29, 0.717) is 12.0 Å². The summed E-state index contributed by atoms with van der Waals surface area (Å²) in [6, 6.07) is 20.1. The number of hydrogen-bond donors (Lipinski definition) is 0. The fraction of sp³-hybridized carbons (Fsp3) is 0.559. The smallest absolute Gasteiger partial charge is 0.119 e. The van der Waals surface area contributed by atoms with Crippen LogP contribution in [0.15, 0.2) is 48.5 Å². The van der Waals surface area contributed by atoms with Crippen LogP contribution in [-0.2, 0) is 11.2 Å². The molecule has 202 valence electrons. The second kappa shape index (κ2) is 21.2. The number of carbonyl (C=O) groups excluding carboxylic acids is 1. The van der Waals surface area contributed by atoms with E-state index in [2.05, 4.69) is 71.0 Å². The monoisotopic (exact) mass is 502 g/mol. The summed E-state index contributed by atoms with van der Waals surface area (Å²) in [4.78, 5) is 9.17. The summed E-state index contributed by atoms with van der Waals surface area (Å²) in [5.74, 6) is 3.02. The van der Waals surface area contributed by atoms with Crippen LogP contribution in [0.5, 0.6) is 0 Å². The molecule has 1 saturated carbocycles. The molecule has 37 heavy (non-hydrogen) atoms. The molecule has 0 spiro atoms. The molecular formula is C34H50N2O. The maximum Gasteiger partial charge on any atom is 0.119 e. The predicted octanol–water partition coefficient (Wildman–Crippen LogP) is 9.80. The molecule has 1 aliphatic carbocycles. The Labute approximate surface area is 227 Å². The van der Waals surface area contributed by atoms with Crippen molar-refractivity contribution in [3.05, 3.63) is 59.7 Å². The minimum atomic E-state index is 0.0424. The van der Waals surface area contributed by atoms with Gasteiger partial charge >= 0.3 is 0 Å². The first-order chi connectivity index (χ1) is 17.8. The molecule has 0 bridgehead atoms. The van der Waals surface area contributed by atoms with E-state index in [-0.39, 0.29) is 5.92 Å². The van der Waals surface area contributed by atoms with Gasteiger partial charge in [0.25, 0.3) is 0 Å². The van der Waals surface area contributed by atoms with Crippen LogP contribution in [0.4, 0.5) is 0 Å². The van der Waals surface area contributed by atoms with Crippen molar-refractivity contribution in [3.8, 4) is 23.3 Å². The highest BCUT2D eigenvalue weighted by Gasteiger charge is 2.23. The van der Waals surface area contributed by atoms with Gasteiger partial charge in [-0.2, -0.15) is 10.5 Å². The van der Waals surface area contributed by atoms with E-state index in [1.807, 2.05) is 38.1 Å². The molecule has 0 heterocycles. The fourth-order valence-corrected chi connectivity index (χ4v) is 4.15. The molecule has 0 amide bonds. The normalized spacial score (nSPS) is 16.4. The molecule has 0 radical (unpaired) electrons. The molecule has 0 saturated heterocycles. The third-order valence-electron chi connectivity index (χ3n) is 6.54. The lowest BCUT2D eigenvalue weighted by atomic mass is 9.89. The third-order valence-corrected chi connectivity index (χ3v) is 6.54. The van der Waals surface area contributed by atoms with E-state index >= 15 is 0 Å². The van der Waals surface area contributed by atoms with Crippen LogP contribution < -0.4 is 0 Å². The van der Waals surface area contributed by atoms with E-state index in [1.54, 1.807) is 0 Å². The summed E-state index contributed by atoms with van der Waals surface area (Å²) >= 11 is 0. The first kappa shape index (κ1) is 34.1. The molecule has 3 atom stereocenters. The molecule has 1 fully saturated rings. The first-order valence-corrected chi connectivity index (χ1v) is 14.2. The SMILES string of the molecule is CC(C#N)Cc1ccc(-c2ccc(C#N)cc2)cc1.CC(C)C[C@@H]1CCC[C@@H]1C.CCC=O.CCCC. The molecule has 2 aromatic carbocycles. The summed E-state index contributed by atoms with van der Waals surface area (Å²) in [6.45, 7) is 15.2. The molecule has 3 rings (SSSR count). The molecule has 2 aromatic rings. The average molecular weight is 503 g/mol. The Kier molecular flexibility index (Phi) is 19.5. The van der Waals surface area contributed by atoms with Gasteiger partial charge < -0.3 is 4.79 Å². The van der Waals surface area contributed by atoms with E-state index < -0.39 is 0 Å². The maximum absolute atomic E-state index is 9.17. The van der Waals surface area contributed by atoms with E-state index in [9.17, 15) is 4.79 Å². The number of aldehydes is 1. The van der Waals surface area contributed by atoms with Crippen molar-refractivity contribution in [2.45, 2.75) is 99.8 Å². The lowest BCUT2D eigenvalue weighted by Crippen LogP contribution is -2.06. The van der Waals surface area contributed by atoms with Gasteiger partial charge in [0.05, 0.1) is 17.7 Å². The molecule has 1 aliphatic rings. The summed E-state index contributed by atoms with van der Waals surface area (Å²) in [5, 5.41) is 17.6. The highest BCUT2D eigenvalue weighted by Crippen LogP contribution is 2.35. The van der Waals surface area contributed by atoms with Crippen molar-refractivity contribution >= 4 is 6.29 Å². The van der Waals surface area contributed by atoms with E-state index in [1.165, 1.54) is 44.1 Å². The number of hydrogen-bond acceptors (Lipinski definition) is 3. The standard InChI is InChI=1S/C17H14N2.C10H20.C4H10.C3H6O/c1-13(11-18)10-14-2-6-16(7-3-14)17-8-4-15(12-19)5-9-17;1-8(2)7-10-6-4-5-9(10)3;1-3-4-2;1-2-3-4/h2-9,13H,10H2,1H3;8-10H,4-7H2,1-3H3;3-4H2,1-2H3;3H,2H2,1H3/t;9-,10-;;/m.0../s1. The van der Waals surface area contributed by atoms with Gasteiger partial charge in [0.15, 0.2) is 0 Å². The van der Waals surface area contributed by atoms with Crippen molar-refractivity contribution in [1.82, 2.24) is 0 Å². The molecule has 0 aliphatic heterocycles. The highest BCUT2D eigenvalue weighted by atomic mass is 16.1. The number of nitrogens with zero attached hydrogens (tertiary/aromatic N) is 2. The summed E-state index contributed by atoms with van der Waals surface area (Å²) < 4.78 is 0. The Hall–Kier alpha value is -2.91. The zero-order valence-corrected chi connectivity index (χ0v) is 24.5. The minimum Gasteiger partial charge on any atom is -0.303 e. The molecule has 3 heteroatoms. The lowest BCUT2D eigenvalue weighted by Gasteiger charge is -2.16. The summed E-state index contributed by atoms with van der Waals surface area (Å²) in [6.07, 6.45) is 10.9. The first-order valence-electron chi connectivity index (χ1n) is 14.2. The Bertz CT molecular complexity index is 914. The topological polar surface area (TPSA) is 64.7 Å². The number of nitriles is 2. The molecule has 0 N–H and O–H groups in total. The second-order valence-electron chi connectivity index (χ2n) is 10.5. The predicted molar refractivity (Wildman–Crippen MR) is 158 cm³/mol. The number of benzene rings is 2. The van der Waals surface area contributed by atoms with Gasteiger partial charge in [0.1, 0.15) is 6.29 Å². The Morgan fingerprint density at radius 1 is 0.892 bits per heavy atom. The van der Waals surface area contributed by atoms with Crippen molar-refractivity contribution in [1.29, 1.82) is 10.5 Å². The maximum atomic E-state index is 9.17. The van der Waals surface area contributed by atoms with Crippen LogP contribution in [0.1, 0.15) is 105 Å². The molecule has 3 nitrogen and oxygen atoms in total. The van der Waals surface area contributed by atoms with Crippen molar-refractivity contribution in [3.63, 3.8) is 0 Å². The van der Waals surface area contributed by atoms with Gasteiger partial charge in [0, 0.05) is 12.3 Å². The molecule has 1 unspecified atom stereocenters. The number of rotatable bonds is 7. The zero-order chi connectivity index (χ0) is 28.1. The van der Waals surface area contributed by atoms with Crippen molar-refractivity contribution in [2.24, 2.45) is 23.7 Å². The van der Waals surface area contributed by atoms with Gasteiger partial charge in [-0.15, -0.1) is 0 Å².